The van der Waals surface area contributed by atoms with E-state index in [2.05, 4.69) is 183 Å². The van der Waals surface area contributed by atoms with E-state index in [4.69, 9.17) is 15.0 Å². The zero-order valence-electron chi connectivity index (χ0n) is 29.6. The number of hydrogen-bond donors (Lipinski definition) is 0. The molecule has 1 aliphatic heterocycles. The van der Waals surface area contributed by atoms with Crippen LogP contribution in [-0.2, 0) is 0 Å². The molecule has 1 aliphatic rings. The summed E-state index contributed by atoms with van der Waals surface area (Å²) in [5.41, 5.74) is 10.2. The summed E-state index contributed by atoms with van der Waals surface area (Å²) in [6.07, 6.45) is 0. The van der Waals surface area contributed by atoms with E-state index in [9.17, 15) is 0 Å². The highest BCUT2D eigenvalue weighted by Gasteiger charge is 2.38. The van der Waals surface area contributed by atoms with Crippen LogP contribution in [0.5, 0.6) is 0 Å². The Morgan fingerprint density at radius 2 is 0.868 bits per heavy atom. The summed E-state index contributed by atoms with van der Waals surface area (Å²) in [6.45, 7) is 4.93. The highest BCUT2D eigenvalue weighted by Crippen LogP contribution is 2.37. The van der Waals surface area contributed by atoms with Crippen molar-refractivity contribution >= 4 is 40.0 Å². The summed E-state index contributed by atoms with van der Waals surface area (Å²) in [5, 5.41) is 8.00. The molecule has 0 saturated carbocycles. The monoisotopic (exact) mass is 693 g/mol. The molecule has 250 valence electrons. The van der Waals surface area contributed by atoms with Gasteiger partial charge in [0.15, 0.2) is 17.5 Å². The molecule has 3 nitrogen and oxygen atoms in total. The maximum atomic E-state index is 5.20. The minimum Gasteiger partial charge on any atom is -0.208 e. The lowest BCUT2D eigenvalue weighted by molar-refractivity contribution is 1.07. The summed E-state index contributed by atoms with van der Waals surface area (Å²) in [4.78, 5) is 15.5. The molecular formula is C49H35N3Si. The second kappa shape index (κ2) is 12.3. The van der Waals surface area contributed by atoms with Crippen molar-refractivity contribution in [1.29, 1.82) is 0 Å². The molecule has 1 aromatic heterocycles. The molecule has 0 bridgehead atoms. The van der Waals surface area contributed by atoms with E-state index in [0.29, 0.717) is 17.5 Å². The maximum Gasteiger partial charge on any atom is 0.164 e. The van der Waals surface area contributed by atoms with Crippen molar-refractivity contribution in [3.63, 3.8) is 0 Å². The first-order valence-corrected chi connectivity index (χ1v) is 21.2. The van der Waals surface area contributed by atoms with Crippen molar-refractivity contribution in [2.45, 2.75) is 13.1 Å². The molecule has 53 heavy (non-hydrogen) atoms. The Kier molecular flexibility index (Phi) is 7.27. The van der Waals surface area contributed by atoms with E-state index in [-0.39, 0.29) is 0 Å². The van der Waals surface area contributed by atoms with Crippen LogP contribution in [0.4, 0.5) is 0 Å². The third-order valence-corrected chi connectivity index (χ3v) is 14.5. The van der Waals surface area contributed by atoms with Crippen molar-refractivity contribution in [3.8, 4) is 67.5 Å². The predicted octanol–water partition coefficient (Wildman–Crippen LogP) is 11.3. The van der Waals surface area contributed by atoms with Gasteiger partial charge in [0.1, 0.15) is 8.07 Å². The third kappa shape index (κ3) is 5.30. The molecule has 0 atom stereocenters. The van der Waals surface area contributed by atoms with Gasteiger partial charge in [-0.1, -0.05) is 177 Å². The van der Waals surface area contributed by atoms with Crippen molar-refractivity contribution in [1.82, 2.24) is 15.0 Å². The maximum absolute atomic E-state index is 5.20. The minimum atomic E-state index is -1.89. The molecule has 0 spiro atoms. The van der Waals surface area contributed by atoms with Gasteiger partial charge in [-0.2, -0.15) is 0 Å². The number of fused-ring (bicyclic) bond motifs is 6. The number of aromatic nitrogens is 3. The Morgan fingerprint density at radius 3 is 1.64 bits per heavy atom. The fourth-order valence-electron chi connectivity index (χ4n) is 8.17. The second-order valence-corrected chi connectivity index (χ2v) is 18.8. The van der Waals surface area contributed by atoms with Crippen LogP contribution in [0.3, 0.4) is 0 Å². The lowest BCUT2D eigenvalue weighted by Gasteiger charge is -2.19. The van der Waals surface area contributed by atoms with Crippen molar-refractivity contribution < 1.29 is 0 Å². The zero-order valence-corrected chi connectivity index (χ0v) is 30.6. The number of hydrogen-bond acceptors (Lipinski definition) is 3. The Bertz CT molecular complexity index is 2850. The first-order chi connectivity index (χ1) is 26.0. The number of nitrogens with zero attached hydrogens (tertiary/aromatic N) is 3. The van der Waals surface area contributed by atoms with E-state index in [0.717, 1.165) is 33.4 Å². The molecule has 0 amide bonds. The van der Waals surface area contributed by atoms with Gasteiger partial charge in [0.25, 0.3) is 0 Å². The van der Waals surface area contributed by atoms with E-state index in [1.165, 1.54) is 48.6 Å². The molecule has 0 saturated heterocycles. The van der Waals surface area contributed by atoms with Gasteiger partial charge in [0.05, 0.1) is 0 Å². The Morgan fingerprint density at radius 1 is 0.340 bits per heavy atom. The van der Waals surface area contributed by atoms with E-state index in [1.54, 1.807) is 0 Å². The van der Waals surface area contributed by atoms with Gasteiger partial charge in [-0.3, -0.25) is 0 Å². The summed E-state index contributed by atoms with van der Waals surface area (Å²) >= 11 is 0. The molecular weight excluding hydrogens is 659 g/mol. The lowest BCUT2D eigenvalue weighted by Crippen LogP contribution is -2.49. The largest absolute Gasteiger partial charge is 0.208 e. The average Bonchev–Trinajstić information content (AvgIpc) is 3.46. The number of benzene rings is 8. The third-order valence-electron chi connectivity index (χ3n) is 10.9. The molecule has 9 aromatic rings. The molecule has 0 fully saturated rings. The number of rotatable bonds is 5. The van der Waals surface area contributed by atoms with Gasteiger partial charge in [0.2, 0.25) is 0 Å². The van der Waals surface area contributed by atoms with Crippen molar-refractivity contribution in [2.75, 3.05) is 0 Å². The molecule has 0 unspecified atom stereocenters. The molecule has 2 heterocycles. The van der Waals surface area contributed by atoms with Gasteiger partial charge >= 0.3 is 0 Å². The van der Waals surface area contributed by atoms with E-state index >= 15 is 0 Å². The Hall–Kier alpha value is -6.49. The lowest BCUT2D eigenvalue weighted by atomic mass is 9.97. The van der Waals surface area contributed by atoms with Crippen molar-refractivity contribution in [2.24, 2.45) is 0 Å². The highest BCUT2D eigenvalue weighted by molar-refractivity contribution is 7.04. The molecule has 0 aliphatic carbocycles. The second-order valence-electron chi connectivity index (χ2n) is 14.5. The summed E-state index contributed by atoms with van der Waals surface area (Å²) in [6, 6.07) is 62.9. The highest BCUT2D eigenvalue weighted by atomic mass is 28.3. The quantitative estimate of drug-likeness (QED) is 0.168. The van der Waals surface area contributed by atoms with Crippen LogP contribution in [0.1, 0.15) is 0 Å². The Labute approximate surface area is 310 Å². The van der Waals surface area contributed by atoms with Gasteiger partial charge in [0, 0.05) is 16.7 Å². The summed E-state index contributed by atoms with van der Waals surface area (Å²) in [7, 11) is -1.89. The van der Waals surface area contributed by atoms with Gasteiger partial charge in [-0.15, -0.1) is 0 Å². The average molecular weight is 694 g/mol. The molecule has 0 radical (unpaired) electrons. The first-order valence-electron chi connectivity index (χ1n) is 18.2. The molecule has 10 rings (SSSR count). The summed E-state index contributed by atoms with van der Waals surface area (Å²) in [5.74, 6) is 1.98. The Balaban J connectivity index is 1.13. The first kappa shape index (κ1) is 31.3. The van der Waals surface area contributed by atoms with E-state index < -0.39 is 8.07 Å². The molecule has 0 N–H and O–H groups in total. The van der Waals surface area contributed by atoms with Gasteiger partial charge in [-0.05, 0) is 77.4 Å². The van der Waals surface area contributed by atoms with Crippen LogP contribution < -0.4 is 10.4 Å². The van der Waals surface area contributed by atoms with Crippen LogP contribution in [-0.4, -0.2) is 23.0 Å². The van der Waals surface area contributed by atoms with Crippen molar-refractivity contribution in [3.05, 3.63) is 176 Å². The minimum absolute atomic E-state index is 0.653. The van der Waals surface area contributed by atoms with Crippen LogP contribution in [0.25, 0.3) is 89.1 Å². The van der Waals surface area contributed by atoms with Crippen LogP contribution in [0.2, 0.25) is 13.1 Å². The fourth-order valence-corrected chi connectivity index (χ4v) is 11.2. The summed E-state index contributed by atoms with van der Waals surface area (Å²) < 4.78 is 0. The van der Waals surface area contributed by atoms with Gasteiger partial charge in [-0.25, -0.2) is 15.0 Å². The smallest absolute Gasteiger partial charge is 0.164 e. The van der Waals surface area contributed by atoms with Crippen LogP contribution >= 0.6 is 0 Å². The topological polar surface area (TPSA) is 38.7 Å². The van der Waals surface area contributed by atoms with Crippen LogP contribution in [0.15, 0.2) is 176 Å². The standard InChI is InChI=1S/C49H35N3Si/c1-53(2)44-28-27-39(31-43(44)46-42-20-9-7-15-34(42)26-29-45(46)53)49-51-47(50-48(52-49)38-18-10-17-37(30-38)32-12-4-3-5-13-32)36-24-22-35(23-25-36)41-21-11-16-33-14-6-8-19-40(33)41/h3-31H,1-2H3. The molecule has 8 aromatic carbocycles. The van der Waals surface area contributed by atoms with Gasteiger partial charge < -0.3 is 0 Å². The van der Waals surface area contributed by atoms with E-state index in [1.807, 2.05) is 6.07 Å². The normalized spacial score (nSPS) is 12.9. The SMILES string of the molecule is C[Si]1(C)c2ccc(-c3nc(-c4ccc(-c5cccc6ccccc56)cc4)nc(-c4cccc(-c5ccccc5)c4)n3)cc2-c2c1ccc1ccccc21. The zero-order chi connectivity index (χ0) is 35.5. The molecule has 4 heteroatoms. The van der Waals surface area contributed by atoms with Crippen LogP contribution in [0, 0.1) is 0 Å². The predicted molar refractivity (Wildman–Crippen MR) is 224 cm³/mol. The fraction of sp³-hybridized carbons (Fsp3) is 0.0408.